The number of fused-ring (bicyclic) bond motifs is 1. The van der Waals surface area contributed by atoms with Gasteiger partial charge in [0.1, 0.15) is 0 Å². The molecule has 0 saturated carbocycles. The molecular formula is C17H12O. The van der Waals surface area contributed by atoms with E-state index in [0.29, 0.717) is 0 Å². The summed E-state index contributed by atoms with van der Waals surface area (Å²) in [6.07, 6.45) is 5.46. The van der Waals surface area contributed by atoms with E-state index < -0.39 is 0 Å². The smallest absolute Gasteiger partial charge is 0.186 e. The summed E-state index contributed by atoms with van der Waals surface area (Å²) in [5.41, 5.74) is 3.92. The third-order valence-electron chi connectivity index (χ3n) is 3.04. The van der Waals surface area contributed by atoms with Gasteiger partial charge in [0.2, 0.25) is 0 Å². The normalized spacial score (nSPS) is 15.8. The lowest BCUT2D eigenvalue weighted by atomic mass is 9.90. The fourth-order valence-electron chi connectivity index (χ4n) is 2.14. The number of hydrogen-bond acceptors (Lipinski definition) is 1. The van der Waals surface area contributed by atoms with Crippen molar-refractivity contribution in [3.05, 3.63) is 77.4 Å². The Hall–Kier alpha value is -2.41. The van der Waals surface area contributed by atoms with Crippen LogP contribution in [0.1, 0.15) is 16.7 Å². The molecule has 18 heavy (non-hydrogen) atoms. The van der Waals surface area contributed by atoms with Crippen molar-refractivity contribution >= 4 is 23.5 Å². The van der Waals surface area contributed by atoms with Crippen LogP contribution in [0, 0.1) is 0 Å². The quantitative estimate of drug-likeness (QED) is 0.683. The predicted molar refractivity (Wildman–Crippen MR) is 74.8 cm³/mol. The van der Waals surface area contributed by atoms with Gasteiger partial charge in [-0.25, -0.2) is 0 Å². The van der Waals surface area contributed by atoms with Crippen LogP contribution in [0.15, 0.2) is 60.7 Å². The Labute approximate surface area is 106 Å². The fourth-order valence-corrected chi connectivity index (χ4v) is 2.14. The minimum absolute atomic E-state index is 0.0672. The van der Waals surface area contributed by atoms with Gasteiger partial charge in [-0.2, -0.15) is 0 Å². The predicted octanol–water partition coefficient (Wildman–Crippen LogP) is 3.82. The molecule has 3 rings (SSSR count). The minimum atomic E-state index is 0.0672. The molecule has 0 unspecified atom stereocenters. The highest BCUT2D eigenvalue weighted by atomic mass is 16.1. The summed E-state index contributed by atoms with van der Waals surface area (Å²) >= 11 is 0. The molecule has 0 N–H and O–H groups in total. The van der Waals surface area contributed by atoms with Crippen LogP contribution >= 0.6 is 0 Å². The van der Waals surface area contributed by atoms with E-state index in [4.69, 9.17) is 0 Å². The Bertz CT molecular complexity index is 648. The molecule has 0 bridgehead atoms. The van der Waals surface area contributed by atoms with Crippen LogP contribution in [-0.4, -0.2) is 5.78 Å². The zero-order valence-corrected chi connectivity index (χ0v) is 9.84. The molecule has 0 atom stereocenters. The number of carbonyl (C=O) groups is 1. The number of carbonyl (C=O) groups excluding carboxylic acids is 1. The van der Waals surface area contributed by atoms with Gasteiger partial charge in [0.05, 0.1) is 0 Å². The van der Waals surface area contributed by atoms with Crippen LogP contribution in [0.25, 0.3) is 17.7 Å². The van der Waals surface area contributed by atoms with Gasteiger partial charge in [-0.15, -0.1) is 0 Å². The maximum atomic E-state index is 12.0. The molecule has 2 aromatic carbocycles. The topological polar surface area (TPSA) is 17.1 Å². The Balaban J connectivity index is 2.14. The van der Waals surface area contributed by atoms with E-state index in [0.717, 1.165) is 22.3 Å². The molecule has 0 aliphatic heterocycles. The van der Waals surface area contributed by atoms with Crippen molar-refractivity contribution in [1.29, 1.82) is 0 Å². The molecule has 0 heterocycles. The average Bonchev–Trinajstić information content (AvgIpc) is 2.43. The first-order chi connectivity index (χ1) is 8.84. The maximum absolute atomic E-state index is 12.0. The SMILES string of the molecule is O=C1C=Cc2ccccc2/C1=C\c1ccccc1. The van der Waals surface area contributed by atoms with Gasteiger partial charge in [-0.3, -0.25) is 4.79 Å². The summed E-state index contributed by atoms with van der Waals surface area (Å²) in [5.74, 6) is 0.0672. The number of hydrogen-bond donors (Lipinski definition) is 0. The molecule has 2 aromatic rings. The van der Waals surface area contributed by atoms with Gasteiger partial charge in [0, 0.05) is 5.57 Å². The summed E-state index contributed by atoms with van der Waals surface area (Å²) in [7, 11) is 0. The Morgan fingerprint density at radius 3 is 2.33 bits per heavy atom. The molecule has 0 radical (unpaired) electrons. The summed E-state index contributed by atoms with van der Waals surface area (Å²) in [4.78, 5) is 12.0. The van der Waals surface area contributed by atoms with E-state index in [1.807, 2.05) is 66.7 Å². The highest BCUT2D eigenvalue weighted by molar-refractivity contribution is 6.33. The minimum Gasteiger partial charge on any atom is -0.289 e. The monoisotopic (exact) mass is 232 g/mol. The third-order valence-corrected chi connectivity index (χ3v) is 3.04. The van der Waals surface area contributed by atoms with E-state index >= 15 is 0 Å². The first-order valence-electron chi connectivity index (χ1n) is 5.93. The molecule has 86 valence electrons. The first kappa shape index (κ1) is 10.7. The molecule has 0 fully saturated rings. The van der Waals surface area contributed by atoms with Gasteiger partial charge in [-0.05, 0) is 28.8 Å². The second-order valence-corrected chi connectivity index (χ2v) is 4.25. The van der Waals surface area contributed by atoms with E-state index in [1.165, 1.54) is 0 Å². The van der Waals surface area contributed by atoms with Crippen molar-refractivity contribution in [2.45, 2.75) is 0 Å². The summed E-state index contributed by atoms with van der Waals surface area (Å²) in [5, 5.41) is 0. The number of rotatable bonds is 1. The van der Waals surface area contributed by atoms with Crippen molar-refractivity contribution in [2.24, 2.45) is 0 Å². The highest BCUT2D eigenvalue weighted by Gasteiger charge is 2.16. The Morgan fingerprint density at radius 1 is 0.778 bits per heavy atom. The molecule has 1 heteroatoms. The van der Waals surface area contributed by atoms with Crippen LogP contribution in [-0.2, 0) is 4.79 Å². The van der Waals surface area contributed by atoms with Crippen LogP contribution in [0.4, 0.5) is 0 Å². The highest BCUT2D eigenvalue weighted by Crippen LogP contribution is 2.28. The Kier molecular flexibility index (Phi) is 2.66. The summed E-state index contributed by atoms with van der Waals surface area (Å²) < 4.78 is 0. The lowest BCUT2D eigenvalue weighted by Gasteiger charge is -2.12. The molecule has 1 aliphatic carbocycles. The second-order valence-electron chi connectivity index (χ2n) is 4.25. The number of benzene rings is 2. The van der Waals surface area contributed by atoms with Crippen LogP contribution in [0.5, 0.6) is 0 Å². The molecule has 0 amide bonds. The van der Waals surface area contributed by atoms with E-state index in [9.17, 15) is 4.79 Å². The largest absolute Gasteiger partial charge is 0.289 e. The number of allylic oxidation sites excluding steroid dienone is 2. The molecular weight excluding hydrogens is 220 g/mol. The van der Waals surface area contributed by atoms with Crippen molar-refractivity contribution in [3.8, 4) is 0 Å². The van der Waals surface area contributed by atoms with Crippen LogP contribution < -0.4 is 0 Å². The first-order valence-corrected chi connectivity index (χ1v) is 5.93. The summed E-state index contributed by atoms with van der Waals surface area (Å²) in [6, 6.07) is 17.9. The lowest BCUT2D eigenvalue weighted by Crippen LogP contribution is -2.04. The maximum Gasteiger partial charge on any atom is 0.186 e. The molecule has 0 spiro atoms. The van der Waals surface area contributed by atoms with Gasteiger partial charge in [-0.1, -0.05) is 60.7 Å². The second kappa shape index (κ2) is 4.46. The van der Waals surface area contributed by atoms with Gasteiger partial charge in [0.15, 0.2) is 5.78 Å². The molecule has 1 nitrogen and oxygen atoms in total. The van der Waals surface area contributed by atoms with Gasteiger partial charge >= 0.3 is 0 Å². The van der Waals surface area contributed by atoms with Crippen molar-refractivity contribution in [3.63, 3.8) is 0 Å². The molecule has 1 aliphatic rings. The third kappa shape index (κ3) is 1.91. The van der Waals surface area contributed by atoms with Gasteiger partial charge < -0.3 is 0 Å². The van der Waals surface area contributed by atoms with Crippen molar-refractivity contribution in [2.75, 3.05) is 0 Å². The Morgan fingerprint density at radius 2 is 1.50 bits per heavy atom. The van der Waals surface area contributed by atoms with Crippen LogP contribution in [0.3, 0.4) is 0 Å². The van der Waals surface area contributed by atoms with E-state index in [2.05, 4.69) is 0 Å². The molecule has 0 aromatic heterocycles. The number of ketones is 1. The van der Waals surface area contributed by atoms with E-state index in [-0.39, 0.29) is 5.78 Å². The lowest BCUT2D eigenvalue weighted by molar-refractivity contribution is -0.109. The van der Waals surface area contributed by atoms with Crippen molar-refractivity contribution in [1.82, 2.24) is 0 Å². The van der Waals surface area contributed by atoms with Gasteiger partial charge in [0.25, 0.3) is 0 Å². The average molecular weight is 232 g/mol. The summed E-state index contributed by atoms with van der Waals surface area (Å²) in [6.45, 7) is 0. The van der Waals surface area contributed by atoms with Crippen LogP contribution in [0.2, 0.25) is 0 Å². The zero-order valence-electron chi connectivity index (χ0n) is 9.84. The fraction of sp³-hybridized carbons (Fsp3) is 0. The standard InChI is InChI=1S/C17H12O/c18-17-11-10-14-8-4-5-9-15(14)16(17)12-13-6-2-1-3-7-13/h1-12H/b16-12+. The van der Waals surface area contributed by atoms with E-state index in [1.54, 1.807) is 6.08 Å². The van der Waals surface area contributed by atoms with Crippen molar-refractivity contribution < 1.29 is 4.79 Å². The molecule has 0 saturated heterocycles. The zero-order chi connectivity index (χ0) is 12.4.